The van der Waals surface area contributed by atoms with Crippen LogP contribution in [0.1, 0.15) is 22.3 Å². The van der Waals surface area contributed by atoms with E-state index in [2.05, 4.69) is 237 Å². The van der Waals surface area contributed by atoms with E-state index in [-0.39, 0.29) is 0 Å². The van der Waals surface area contributed by atoms with Crippen molar-refractivity contribution in [1.29, 1.82) is 0 Å². The molecule has 2 heterocycles. The Kier molecular flexibility index (Phi) is 7.93. The first kappa shape index (κ1) is 36.8. The third-order valence-corrected chi connectivity index (χ3v) is 14.3. The first-order chi connectivity index (χ1) is 32.8. The van der Waals surface area contributed by atoms with Crippen LogP contribution < -0.4 is 4.74 Å². The molecule has 12 aromatic rings. The Bertz CT molecular complexity index is 3840. The molecule has 1 aliphatic heterocycles. The van der Waals surface area contributed by atoms with Gasteiger partial charge in [-0.1, -0.05) is 218 Å². The van der Waals surface area contributed by atoms with Crippen LogP contribution in [0.4, 0.5) is 0 Å². The summed E-state index contributed by atoms with van der Waals surface area (Å²) in [6, 6.07) is 86.1. The van der Waals surface area contributed by atoms with E-state index in [1.807, 2.05) is 0 Å². The van der Waals surface area contributed by atoms with Crippen molar-refractivity contribution in [3.8, 4) is 67.3 Å². The normalized spacial score (nSPS) is 13.1. The van der Waals surface area contributed by atoms with Gasteiger partial charge in [-0.3, -0.25) is 0 Å². The van der Waals surface area contributed by atoms with Crippen LogP contribution in [0.15, 0.2) is 237 Å². The number of pyridine rings is 1. The maximum atomic E-state index is 6.65. The van der Waals surface area contributed by atoms with Gasteiger partial charge in [-0.05, 0) is 95.4 Å². The zero-order valence-corrected chi connectivity index (χ0v) is 35.9. The minimum Gasteiger partial charge on any atom is -0.457 e. The van der Waals surface area contributed by atoms with Crippen LogP contribution in [0, 0.1) is 0 Å². The second kappa shape index (κ2) is 14.2. The summed E-state index contributed by atoms with van der Waals surface area (Å²) in [7, 11) is 0. The van der Waals surface area contributed by atoms with Gasteiger partial charge in [0.25, 0.3) is 0 Å². The van der Waals surface area contributed by atoms with Crippen molar-refractivity contribution in [1.82, 2.24) is 4.98 Å². The van der Waals surface area contributed by atoms with Gasteiger partial charge in [0, 0.05) is 32.8 Å². The Hall–Kier alpha value is -8.59. The molecule has 1 aliphatic carbocycles. The molecule has 0 saturated carbocycles. The molecule has 0 amide bonds. The van der Waals surface area contributed by atoms with Gasteiger partial charge in [0.05, 0.1) is 16.6 Å². The molecule has 0 N–H and O–H groups in total. The Morgan fingerprint density at radius 2 is 0.742 bits per heavy atom. The summed E-state index contributed by atoms with van der Waals surface area (Å²) >= 11 is 0. The highest BCUT2D eigenvalue weighted by atomic mass is 16.5. The van der Waals surface area contributed by atoms with Gasteiger partial charge in [0.1, 0.15) is 11.5 Å². The summed E-state index contributed by atoms with van der Waals surface area (Å²) in [6.45, 7) is 0. The van der Waals surface area contributed by atoms with Gasteiger partial charge >= 0.3 is 0 Å². The summed E-state index contributed by atoms with van der Waals surface area (Å²) in [5, 5.41) is 8.47. The highest BCUT2D eigenvalue weighted by Crippen LogP contribution is 2.63. The first-order valence-electron chi connectivity index (χ1n) is 22.8. The lowest BCUT2D eigenvalue weighted by Gasteiger charge is -2.39. The largest absolute Gasteiger partial charge is 0.457 e. The van der Waals surface area contributed by atoms with Crippen molar-refractivity contribution < 1.29 is 4.74 Å². The van der Waals surface area contributed by atoms with E-state index in [1.165, 1.54) is 82.6 Å². The SMILES string of the molecule is c1ccc(-c2ccc(-c3c4ccccc4c(-c4ccc(-c5nc6ccccc6c6c7c(ccc56)C5(c6ccccc6Oc6ccccc65)c5ccccc5-7)cc4)c4ccccc34)cc2)cc1. The van der Waals surface area contributed by atoms with Crippen LogP contribution in [0.2, 0.25) is 0 Å². The summed E-state index contributed by atoms with van der Waals surface area (Å²) in [6.07, 6.45) is 0. The van der Waals surface area contributed by atoms with Crippen molar-refractivity contribution in [3.63, 3.8) is 0 Å². The lowest BCUT2D eigenvalue weighted by Crippen LogP contribution is -2.32. The van der Waals surface area contributed by atoms with Gasteiger partial charge in [0.2, 0.25) is 0 Å². The van der Waals surface area contributed by atoms with Crippen molar-refractivity contribution in [2.75, 3.05) is 0 Å². The zero-order valence-electron chi connectivity index (χ0n) is 35.9. The number of ether oxygens (including phenoxy) is 1. The second-order valence-corrected chi connectivity index (χ2v) is 17.6. The molecule has 0 fully saturated rings. The number of para-hydroxylation sites is 3. The van der Waals surface area contributed by atoms with Crippen molar-refractivity contribution in [3.05, 3.63) is 259 Å². The van der Waals surface area contributed by atoms with Gasteiger partial charge in [-0.15, -0.1) is 0 Å². The Balaban J connectivity index is 0.962. The highest BCUT2D eigenvalue weighted by molar-refractivity contribution is 6.22. The molecular weight excluding hydrogens is 799 g/mol. The number of aromatic nitrogens is 1. The summed E-state index contributed by atoms with van der Waals surface area (Å²) < 4.78 is 6.65. The molecule has 66 heavy (non-hydrogen) atoms. The van der Waals surface area contributed by atoms with Crippen LogP contribution in [-0.4, -0.2) is 4.98 Å². The fraction of sp³-hybridized carbons (Fsp3) is 0.0156. The van der Waals surface area contributed by atoms with Gasteiger partial charge in [-0.2, -0.15) is 0 Å². The molecule has 1 aromatic heterocycles. The lowest BCUT2D eigenvalue weighted by molar-refractivity contribution is 0.436. The Labute approximate surface area is 382 Å². The van der Waals surface area contributed by atoms with E-state index >= 15 is 0 Å². The summed E-state index contributed by atoms with van der Waals surface area (Å²) in [4.78, 5) is 5.48. The number of fused-ring (bicyclic) bond motifs is 15. The van der Waals surface area contributed by atoms with Gasteiger partial charge in [0.15, 0.2) is 0 Å². The van der Waals surface area contributed by atoms with E-state index in [1.54, 1.807) is 0 Å². The minimum atomic E-state index is -0.551. The Morgan fingerprint density at radius 1 is 0.288 bits per heavy atom. The lowest BCUT2D eigenvalue weighted by atomic mass is 9.66. The molecule has 0 bridgehead atoms. The van der Waals surface area contributed by atoms with E-state index in [9.17, 15) is 0 Å². The molecular formula is C64H39NO. The van der Waals surface area contributed by atoms with Crippen LogP contribution in [-0.2, 0) is 5.41 Å². The van der Waals surface area contributed by atoms with Crippen molar-refractivity contribution >= 4 is 43.2 Å². The van der Waals surface area contributed by atoms with Crippen LogP contribution in [0.25, 0.3) is 99.0 Å². The molecule has 2 aliphatic rings. The first-order valence-corrected chi connectivity index (χ1v) is 22.8. The standard InChI is InChI=1S/C64H39NO/c1-2-16-40(17-3-1)41-30-32-42(33-31-41)59-45-18-4-6-20-47(45)60(48-21-7-5-19-46(48)59)43-34-36-44(37-35-43)63-51-38-39-55-62(61(51)50-23-9-13-27-56(50)65-63)49-22-8-10-24-52(49)64(55)53-25-11-14-28-57(53)66-58-29-15-12-26-54(58)64/h1-39H. The van der Waals surface area contributed by atoms with Gasteiger partial charge < -0.3 is 4.74 Å². The molecule has 11 aromatic carbocycles. The van der Waals surface area contributed by atoms with E-state index in [4.69, 9.17) is 9.72 Å². The topological polar surface area (TPSA) is 22.1 Å². The quantitative estimate of drug-likeness (QED) is 0.130. The maximum absolute atomic E-state index is 6.65. The fourth-order valence-electron chi connectivity index (χ4n) is 11.6. The highest BCUT2D eigenvalue weighted by Gasteiger charge is 2.51. The summed E-state index contributed by atoms with van der Waals surface area (Å²) in [5.41, 5.74) is 17.2. The minimum absolute atomic E-state index is 0.551. The summed E-state index contributed by atoms with van der Waals surface area (Å²) in [5.74, 6) is 1.79. The number of hydrogen-bond donors (Lipinski definition) is 0. The Morgan fingerprint density at radius 3 is 1.35 bits per heavy atom. The number of benzene rings is 11. The molecule has 1 spiro atoms. The smallest absolute Gasteiger partial charge is 0.132 e. The van der Waals surface area contributed by atoms with Crippen LogP contribution >= 0.6 is 0 Å². The monoisotopic (exact) mass is 837 g/mol. The molecule has 14 rings (SSSR count). The molecule has 0 saturated heterocycles. The molecule has 2 nitrogen and oxygen atoms in total. The van der Waals surface area contributed by atoms with E-state index in [0.717, 1.165) is 50.2 Å². The predicted molar refractivity (Wildman–Crippen MR) is 273 cm³/mol. The molecule has 0 atom stereocenters. The van der Waals surface area contributed by atoms with Crippen LogP contribution in [0.3, 0.4) is 0 Å². The molecule has 306 valence electrons. The molecule has 0 unspecified atom stereocenters. The number of rotatable bonds is 4. The number of hydrogen-bond acceptors (Lipinski definition) is 2. The van der Waals surface area contributed by atoms with Crippen molar-refractivity contribution in [2.24, 2.45) is 0 Å². The maximum Gasteiger partial charge on any atom is 0.132 e. The molecule has 2 heteroatoms. The van der Waals surface area contributed by atoms with Crippen molar-refractivity contribution in [2.45, 2.75) is 5.41 Å². The molecule has 0 radical (unpaired) electrons. The number of nitrogens with zero attached hydrogens (tertiary/aromatic N) is 1. The third-order valence-electron chi connectivity index (χ3n) is 14.3. The van der Waals surface area contributed by atoms with Gasteiger partial charge in [-0.25, -0.2) is 4.98 Å². The van der Waals surface area contributed by atoms with E-state index in [0.29, 0.717) is 0 Å². The second-order valence-electron chi connectivity index (χ2n) is 17.6. The average Bonchev–Trinajstić information content (AvgIpc) is 3.68. The van der Waals surface area contributed by atoms with E-state index < -0.39 is 5.41 Å². The third kappa shape index (κ3) is 5.15. The zero-order chi connectivity index (χ0) is 43.3. The average molecular weight is 838 g/mol. The van der Waals surface area contributed by atoms with Crippen LogP contribution in [0.5, 0.6) is 11.5 Å². The fourth-order valence-corrected chi connectivity index (χ4v) is 11.6. The predicted octanol–water partition coefficient (Wildman–Crippen LogP) is 16.8.